The molecule has 1 N–H and O–H groups in total. The van der Waals surface area contributed by atoms with E-state index in [-0.39, 0.29) is 0 Å². The molecule has 0 heterocycles. The van der Waals surface area contributed by atoms with Gasteiger partial charge in [-0.25, -0.2) is 0 Å². The molecule has 2 unspecified atom stereocenters. The van der Waals surface area contributed by atoms with Crippen LogP contribution in [-0.4, -0.2) is 12.1 Å². The van der Waals surface area contributed by atoms with Crippen molar-refractivity contribution in [1.29, 1.82) is 0 Å². The quantitative estimate of drug-likeness (QED) is 0.217. The van der Waals surface area contributed by atoms with Gasteiger partial charge in [-0.2, -0.15) is 0 Å². The van der Waals surface area contributed by atoms with Crippen molar-refractivity contribution < 1.29 is 0 Å². The first kappa shape index (κ1) is 25.0. The van der Waals surface area contributed by atoms with Crippen molar-refractivity contribution in [2.24, 2.45) is 0 Å². The third-order valence-corrected chi connectivity index (χ3v) is 5.60. The smallest absolute Gasteiger partial charge is 0.00696 e. The molecular formula is C24H51N. The molecule has 0 aromatic rings. The molecule has 0 amide bonds. The van der Waals surface area contributed by atoms with E-state index in [2.05, 4.69) is 33.0 Å². The number of hydrogen-bond donors (Lipinski definition) is 1. The molecule has 25 heavy (non-hydrogen) atoms. The van der Waals surface area contributed by atoms with E-state index in [1.54, 1.807) is 0 Å². The highest BCUT2D eigenvalue weighted by molar-refractivity contribution is 4.75. The van der Waals surface area contributed by atoms with Gasteiger partial charge in [-0.3, -0.25) is 0 Å². The second-order valence-electron chi connectivity index (χ2n) is 8.25. The fraction of sp³-hybridized carbons (Fsp3) is 1.00. The highest BCUT2D eigenvalue weighted by Crippen LogP contribution is 2.17. The van der Waals surface area contributed by atoms with Crippen LogP contribution in [0, 0.1) is 0 Å². The van der Waals surface area contributed by atoms with E-state index < -0.39 is 0 Å². The molecule has 2 atom stereocenters. The lowest BCUT2D eigenvalue weighted by atomic mass is 9.96. The Morgan fingerprint density at radius 2 is 0.680 bits per heavy atom. The Morgan fingerprint density at radius 3 is 1.00 bits per heavy atom. The van der Waals surface area contributed by atoms with Gasteiger partial charge in [0.15, 0.2) is 0 Å². The summed E-state index contributed by atoms with van der Waals surface area (Å²) in [6, 6.07) is 1.56. The van der Waals surface area contributed by atoms with Crippen molar-refractivity contribution in [3.63, 3.8) is 0 Å². The zero-order chi connectivity index (χ0) is 18.6. The highest BCUT2D eigenvalue weighted by Gasteiger charge is 2.15. The van der Waals surface area contributed by atoms with E-state index in [0.29, 0.717) is 0 Å². The second kappa shape index (κ2) is 20.3. The first-order valence-corrected chi connectivity index (χ1v) is 12.0. The molecule has 0 fully saturated rings. The zero-order valence-corrected chi connectivity index (χ0v) is 18.4. The van der Waals surface area contributed by atoms with Crippen LogP contribution in [0.25, 0.3) is 0 Å². The molecule has 0 aliphatic heterocycles. The maximum atomic E-state index is 4.13. The summed E-state index contributed by atoms with van der Waals surface area (Å²) in [5.74, 6) is 0. The summed E-state index contributed by atoms with van der Waals surface area (Å²) < 4.78 is 0. The summed E-state index contributed by atoms with van der Waals surface area (Å²) in [6.45, 7) is 9.28. The van der Waals surface area contributed by atoms with Crippen molar-refractivity contribution in [3.05, 3.63) is 0 Å². The normalized spacial score (nSPS) is 13.9. The highest BCUT2D eigenvalue weighted by atomic mass is 14.9. The molecule has 0 spiro atoms. The summed E-state index contributed by atoms with van der Waals surface area (Å²) in [5, 5.41) is 4.13. The molecule has 1 heteroatoms. The molecule has 0 rings (SSSR count). The zero-order valence-electron chi connectivity index (χ0n) is 18.4. The molecule has 0 aliphatic carbocycles. The van der Waals surface area contributed by atoms with E-state index in [9.17, 15) is 0 Å². The van der Waals surface area contributed by atoms with Crippen LogP contribution in [-0.2, 0) is 0 Å². The van der Waals surface area contributed by atoms with Crippen molar-refractivity contribution in [3.8, 4) is 0 Å². The fourth-order valence-electron chi connectivity index (χ4n) is 3.87. The molecule has 152 valence electrons. The van der Waals surface area contributed by atoms with E-state index >= 15 is 0 Å². The van der Waals surface area contributed by atoms with Gasteiger partial charge in [-0.1, -0.05) is 118 Å². The van der Waals surface area contributed by atoms with Gasteiger partial charge in [-0.05, 0) is 25.7 Å². The van der Waals surface area contributed by atoms with E-state index in [1.807, 2.05) is 0 Å². The standard InChI is InChI=1S/C24H51N/c1-5-9-13-17-21-23(19-15-11-7-3)25-24(20-16-12-8-4)22-18-14-10-6-2/h23-25H,5-22H2,1-4H3. The lowest BCUT2D eigenvalue weighted by molar-refractivity contribution is 0.332. The Kier molecular flexibility index (Phi) is 20.2. The Balaban J connectivity index is 4.36. The Bertz CT molecular complexity index is 214. The van der Waals surface area contributed by atoms with Crippen LogP contribution in [0.5, 0.6) is 0 Å². The summed E-state index contributed by atoms with van der Waals surface area (Å²) in [7, 11) is 0. The molecule has 0 saturated carbocycles. The van der Waals surface area contributed by atoms with Crippen LogP contribution in [0.3, 0.4) is 0 Å². The van der Waals surface area contributed by atoms with Crippen molar-refractivity contribution in [2.45, 2.75) is 155 Å². The third-order valence-electron chi connectivity index (χ3n) is 5.60. The average Bonchev–Trinajstić information content (AvgIpc) is 2.62. The topological polar surface area (TPSA) is 12.0 Å². The molecule has 0 saturated heterocycles. The molecule has 0 aromatic carbocycles. The van der Waals surface area contributed by atoms with Crippen molar-refractivity contribution in [1.82, 2.24) is 5.32 Å². The van der Waals surface area contributed by atoms with E-state index in [4.69, 9.17) is 0 Å². The summed E-state index contributed by atoms with van der Waals surface area (Å²) in [4.78, 5) is 0. The average molecular weight is 354 g/mol. The van der Waals surface area contributed by atoms with Gasteiger partial charge in [0.05, 0.1) is 0 Å². The number of nitrogens with one attached hydrogen (secondary N) is 1. The van der Waals surface area contributed by atoms with Gasteiger partial charge in [0.1, 0.15) is 0 Å². The van der Waals surface area contributed by atoms with Gasteiger partial charge >= 0.3 is 0 Å². The van der Waals surface area contributed by atoms with Crippen molar-refractivity contribution in [2.75, 3.05) is 0 Å². The van der Waals surface area contributed by atoms with Crippen LogP contribution in [0.4, 0.5) is 0 Å². The number of unbranched alkanes of at least 4 members (excludes halogenated alkanes) is 10. The third kappa shape index (κ3) is 17.1. The monoisotopic (exact) mass is 353 g/mol. The second-order valence-corrected chi connectivity index (χ2v) is 8.25. The lowest BCUT2D eigenvalue weighted by Crippen LogP contribution is -2.38. The minimum Gasteiger partial charge on any atom is -0.311 e. The fourth-order valence-corrected chi connectivity index (χ4v) is 3.87. The van der Waals surface area contributed by atoms with Gasteiger partial charge < -0.3 is 5.32 Å². The molecule has 0 aromatic heterocycles. The summed E-state index contributed by atoms with van der Waals surface area (Å²) in [5.41, 5.74) is 0. The maximum absolute atomic E-state index is 4.13. The van der Waals surface area contributed by atoms with Crippen LogP contribution in [0.15, 0.2) is 0 Å². The van der Waals surface area contributed by atoms with Crippen LogP contribution in [0.1, 0.15) is 143 Å². The van der Waals surface area contributed by atoms with E-state index in [0.717, 1.165) is 12.1 Å². The minimum absolute atomic E-state index is 0.779. The molecule has 0 bridgehead atoms. The summed E-state index contributed by atoms with van der Waals surface area (Å²) >= 11 is 0. The van der Waals surface area contributed by atoms with Gasteiger partial charge in [0.25, 0.3) is 0 Å². The molecule has 0 radical (unpaired) electrons. The largest absolute Gasteiger partial charge is 0.311 e. The van der Waals surface area contributed by atoms with Gasteiger partial charge in [0, 0.05) is 12.1 Å². The molecular weight excluding hydrogens is 302 g/mol. The van der Waals surface area contributed by atoms with Gasteiger partial charge in [0.2, 0.25) is 0 Å². The first-order chi connectivity index (χ1) is 12.3. The van der Waals surface area contributed by atoms with Crippen LogP contribution < -0.4 is 5.32 Å². The van der Waals surface area contributed by atoms with Gasteiger partial charge in [-0.15, -0.1) is 0 Å². The predicted octanol–water partition coefficient (Wildman–Crippen LogP) is 8.41. The summed E-state index contributed by atoms with van der Waals surface area (Å²) in [6.07, 6.45) is 25.2. The number of hydrogen-bond acceptors (Lipinski definition) is 1. The van der Waals surface area contributed by atoms with Crippen molar-refractivity contribution >= 4 is 0 Å². The van der Waals surface area contributed by atoms with E-state index in [1.165, 1.54) is 116 Å². The SMILES string of the molecule is CCCCCCC(CCCCC)NC(CCCCC)CCCCCC. The molecule has 1 nitrogen and oxygen atoms in total. The Labute approximate surface area is 161 Å². The van der Waals surface area contributed by atoms with Crippen LogP contribution >= 0.6 is 0 Å². The molecule has 0 aliphatic rings. The number of rotatable bonds is 20. The lowest BCUT2D eigenvalue weighted by Gasteiger charge is -2.26. The first-order valence-electron chi connectivity index (χ1n) is 12.0. The minimum atomic E-state index is 0.779. The maximum Gasteiger partial charge on any atom is 0.00696 e. The predicted molar refractivity (Wildman–Crippen MR) is 117 cm³/mol. The van der Waals surface area contributed by atoms with Crippen LogP contribution in [0.2, 0.25) is 0 Å². The Hall–Kier alpha value is -0.0400. The Morgan fingerprint density at radius 1 is 0.400 bits per heavy atom.